The number of nitrogens with zero attached hydrogens (tertiary/aromatic N) is 4. The second kappa shape index (κ2) is 6.55. The number of rotatable bonds is 4. The molecule has 0 spiro atoms. The summed E-state index contributed by atoms with van der Waals surface area (Å²) in [4.78, 5) is 16.2. The highest BCUT2D eigenvalue weighted by molar-refractivity contribution is 5.98. The van der Waals surface area contributed by atoms with Crippen molar-refractivity contribution >= 4 is 23.3 Å². The lowest BCUT2D eigenvalue weighted by Gasteiger charge is -2.04. The molecule has 0 atom stereocenters. The minimum Gasteiger partial charge on any atom is -0.497 e. The molecule has 9 nitrogen and oxygen atoms in total. The molecule has 0 aliphatic carbocycles. The highest BCUT2D eigenvalue weighted by atomic mass is 16.5. The third-order valence-corrected chi connectivity index (χ3v) is 3.61. The fourth-order valence-corrected chi connectivity index (χ4v) is 2.42. The van der Waals surface area contributed by atoms with E-state index in [1.165, 1.54) is 12.3 Å². The fourth-order valence-electron chi connectivity index (χ4n) is 2.42. The number of benzene rings is 1. The number of ether oxygens (including phenoxy) is 1. The second-order valence-electron chi connectivity index (χ2n) is 5.34. The summed E-state index contributed by atoms with van der Waals surface area (Å²) in [5, 5.41) is 13.3. The first-order chi connectivity index (χ1) is 12.7. The quantitative estimate of drug-likeness (QED) is 0.586. The number of aromatic nitrogens is 4. The molecule has 4 rings (SSSR count). The van der Waals surface area contributed by atoms with Crippen LogP contribution in [-0.4, -0.2) is 32.9 Å². The van der Waals surface area contributed by atoms with Crippen LogP contribution in [0, 0.1) is 0 Å². The van der Waals surface area contributed by atoms with Gasteiger partial charge in [-0.05, 0) is 24.3 Å². The monoisotopic (exact) mass is 350 g/mol. The summed E-state index contributed by atoms with van der Waals surface area (Å²) in [5.41, 5.74) is 2.28. The van der Waals surface area contributed by atoms with Crippen LogP contribution < -0.4 is 15.4 Å². The molecule has 3 heterocycles. The van der Waals surface area contributed by atoms with Crippen molar-refractivity contribution in [3.05, 3.63) is 54.9 Å². The first-order valence-corrected chi connectivity index (χ1v) is 7.70. The van der Waals surface area contributed by atoms with Gasteiger partial charge in [-0.15, -0.1) is 0 Å². The van der Waals surface area contributed by atoms with Crippen molar-refractivity contribution < 1.29 is 14.1 Å². The van der Waals surface area contributed by atoms with E-state index in [-0.39, 0.29) is 0 Å². The van der Waals surface area contributed by atoms with E-state index in [4.69, 9.17) is 4.74 Å². The van der Waals surface area contributed by atoms with Gasteiger partial charge in [0, 0.05) is 11.6 Å². The number of carbonyl (C=O) groups is 1. The molecule has 0 radical (unpaired) electrons. The number of methoxy groups -OCH3 is 1. The maximum atomic E-state index is 11.9. The molecule has 0 fully saturated rings. The molecule has 4 aromatic rings. The SMILES string of the molecule is COc1cccc(-c2ccc3nc(NC(=O)Nc4ccon4)cn3n2)c1. The Kier molecular flexibility index (Phi) is 3.94. The maximum absolute atomic E-state index is 11.9. The van der Waals surface area contributed by atoms with E-state index in [0.717, 1.165) is 17.0 Å². The molecule has 0 aliphatic heterocycles. The van der Waals surface area contributed by atoms with Gasteiger partial charge in [0.05, 0.1) is 19.0 Å². The van der Waals surface area contributed by atoms with Crippen LogP contribution in [0.15, 0.2) is 59.4 Å². The van der Waals surface area contributed by atoms with E-state index < -0.39 is 6.03 Å². The van der Waals surface area contributed by atoms with Crippen LogP contribution >= 0.6 is 0 Å². The largest absolute Gasteiger partial charge is 0.497 e. The summed E-state index contributed by atoms with van der Waals surface area (Å²) in [7, 11) is 1.62. The van der Waals surface area contributed by atoms with Crippen LogP contribution in [-0.2, 0) is 0 Å². The number of imidazole rings is 1. The smallest absolute Gasteiger partial charge is 0.326 e. The summed E-state index contributed by atoms with van der Waals surface area (Å²) >= 11 is 0. The minimum absolute atomic E-state index is 0.310. The Morgan fingerprint density at radius 2 is 2.04 bits per heavy atom. The van der Waals surface area contributed by atoms with Crippen molar-refractivity contribution in [1.29, 1.82) is 0 Å². The Hall–Kier alpha value is -3.88. The summed E-state index contributed by atoms with van der Waals surface area (Å²) in [5.74, 6) is 1.42. The first kappa shape index (κ1) is 15.6. The lowest BCUT2D eigenvalue weighted by atomic mass is 10.1. The average Bonchev–Trinajstić information content (AvgIpc) is 3.30. The van der Waals surface area contributed by atoms with Gasteiger partial charge >= 0.3 is 6.03 Å². The summed E-state index contributed by atoms with van der Waals surface area (Å²) < 4.78 is 11.5. The first-order valence-electron chi connectivity index (χ1n) is 7.70. The third-order valence-electron chi connectivity index (χ3n) is 3.61. The van der Waals surface area contributed by atoms with Crippen molar-refractivity contribution in [1.82, 2.24) is 19.8 Å². The molecule has 26 heavy (non-hydrogen) atoms. The van der Waals surface area contributed by atoms with E-state index in [9.17, 15) is 4.79 Å². The van der Waals surface area contributed by atoms with E-state index in [2.05, 4.69) is 30.4 Å². The number of carbonyl (C=O) groups excluding carboxylic acids is 1. The molecule has 2 N–H and O–H groups in total. The second-order valence-corrected chi connectivity index (χ2v) is 5.34. The highest BCUT2D eigenvalue weighted by Crippen LogP contribution is 2.22. The molecule has 0 unspecified atom stereocenters. The van der Waals surface area contributed by atoms with Crippen molar-refractivity contribution in [2.45, 2.75) is 0 Å². The number of hydrogen-bond donors (Lipinski definition) is 2. The van der Waals surface area contributed by atoms with E-state index in [0.29, 0.717) is 17.3 Å². The molecule has 2 amide bonds. The maximum Gasteiger partial charge on any atom is 0.326 e. The molecule has 0 saturated carbocycles. The summed E-state index contributed by atoms with van der Waals surface area (Å²) in [6.07, 6.45) is 2.99. The predicted octanol–water partition coefficient (Wildman–Crippen LogP) is 3.04. The van der Waals surface area contributed by atoms with Gasteiger partial charge in [0.25, 0.3) is 0 Å². The van der Waals surface area contributed by atoms with Gasteiger partial charge in [-0.25, -0.2) is 14.3 Å². The molecule has 0 bridgehead atoms. The van der Waals surface area contributed by atoms with Gasteiger partial charge in [0.1, 0.15) is 12.0 Å². The van der Waals surface area contributed by atoms with Gasteiger partial charge in [0.2, 0.25) is 0 Å². The van der Waals surface area contributed by atoms with Gasteiger partial charge in [-0.1, -0.05) is 17.3 Å². The van der Waals surface area contributed by atoms with Crippen molar-refractivity contribution in [2.24, 2.45) is 0 Å². The molecule has 130 valence electrons. The topological polar surface area (TPSA) is 107 Å². The molecular weight excluding hydrogens is 336 g/mol. The molecular formula is C17H14N6O3. The molecule has 0 aliphatic rings. The van der Waals surface area contributed by atoms with Gasteiger partial charge < -0.3 is 9.26 Å². The Bertz CT molecular complexity index is 1060. The van der Waals surface area contributed by atoms with Crippen LogP contribution in [0.4, 0.5) is 16.4 Å². The van der Waals surface area contributed by atoms with Gasteiger partial charge in [0.15, 0.2) is 17.3 Å². The van der Waals surface area contributed by atoms with Crippen LogP contribution in [0.25, 0.3) is 16.9 Å². The van der Waals surface area contributed by atoms with E-state index in [1.807, 2.05) is 36.4 Å². The standard InChI is InChI=1S/C17H14N6O3/c1-25-12-4-2-3-11(9-12)13-5-6-16-18-15(10-23(16)21-13)20-17(24)19-14-7-8-26-22-14/h2-10H,1H3,(H2,19,20,22,24). The van der Waals surface area contributed by atoms with Crippen LogP contribution in [0.3, 0.4) is 0 Å². The Balaban J connectivity index is 1.56. The number of fused-ring (bicyclic) bond motifs is 1. The Morgan fingerprint density at radius 1 is 1.15 bits per heavy atom. The predicted molar refractivity (Wildman–Crippen MR) is 94.1 cm³/mol. The fraction of sp³-hybridized carbons (Fsp3) is 0.0588. The molecule has 9 heteroatoms. The zero-order valence-corrected chi connectivity index (χ0v) is 13.7. The van der Waals surface area contributed by atoms with Crippen molar-refractivity contribution in [3.63, 3.8) is 0 Å². The lowest BCUT2D eigenvalue weighted by Crippen LogP contribution is -2.19. The number of hydrogen-bond acceptors (Lipinski definition) is 6. The lowest BCUT2D eigenvalue weighted by molar-refractivity contribution is 0.262. The van der Waals surface area contributed by atoms with E-state index in [1.54, 1.807) is 17.8 Å². The normalized spacial score (nSPS) is 10.7. The number of amides is 2. The highest BCUT2D eigenvalue weighted by Gasteiger charge is 2.10. The van der Waals surface area contributed by atoms with Crippen molar-refractivity contribution in [2.75, 3.05) is 17.7 Å². The van der Waals surface area contributed by atoms with Crippen LogP contribution in [0.1, 0.15) is 0 Å². The number of urea groups is 1. The van der Waals surface area contributed by atoms with Crippen LogP contribution in [0.2, 0.25) is 0 Å². The molecule has 3 aromatic heterocycles. The zero-order chi connectivity index (χ0) is 17.9. The number of anilines is 2. The Labute approximate surface area is 147 Å². The summed E-state index contributed by atoms with van der Waals surface area (Å²) in [6, 6.07) is 12.3. The average molecular weight is 350 g/mol. The summed E-state index contributed by atoms with van der Waals surface area (Å²) in [6.45, 7) is 0. The minimum atomic E-state index is -0.477. The van der Waals surface area contributed by atoms with E-state index >= 15 is 0 Å². The number of nitrogens with one attached hydrogen (secondary N) is 2. The molecule has 1 aromatic carbocycles. The van der Waals surface area contributed by atoms with Gasteiger partial charge in [-0.2, -0.15) is 5.10 Å². The van der Waals surface area contributed by atoms with Crippen molar-refractivity contribution in [3.8, 4) is 17.0 Å². The van der Waals surface area contributed by atoms with Crippen LogP contribution in [0.5, 0.6) is 5.75 Å². The Morgan fingerprint density at radius 3 is 2.85 bits per heavy atom. The molecule has 0 saturated heterocycles. The zero-order valence-electron chi connectivity index (χ0n) is 13.7. The third kappa shape index (κ3) is 3.18. The van der Waals surface area contributed by atoms with Gasteiger partial charge in [-0.3, -0.25) is 10.6 Å².